The highest BCUT2D eigenvalue weighted by molar-refractivity contribution is 6.13. The summed E-state index contributed by atoms with van der Waals surface area (Å²) in [5.41, 5.74) is 1.67. The summed E-state index contributed by atoms with van der Waals surface area (Å²) < 4.78 is 10.5. The predicted molar refractivity (Wildman–Crippen MR) is 127 cm³/mol. The quantitative estimate of drug-likeness (QED) is 0.344. The number of aliphatic imine (C=N–C) groups is 1. The fourth-order valence-electron chi connectivity index (χ4n) is 3.14. The molecule has 0 aliphatic carbocycles. The third-order valence-electron chi connectivity index (χ3n) is 4.57. The molecule has 0 spiro atoms. The molecule has 0 saturated carbocycles. The number of carbonyl (C=O) groups excluding carboxylic acids is 2. The second-order valence-corrected chi connectivity index (χ2v) is 8.30. The maximum atomic E-state index is 12.8. The lowest BCUT2D eigenvalue weighted by atomic mass is 9.99. The molecule has 0 fully saturated rings. The molecule has 0 radical (unpaired) electrons. The van der Waals surface area contributed by atoms with Crippen molar-refractivity contribution in [3.63, 3.8) is 0 Å². The summed E-state index contributed by atoms with van der Waals surface area (Å²) in [6, 6.07) is 17.6. The minimum absolute atomic E-state index is 0.447. The van der Waals surface area contributed by atoms with Crippen molar-refractivity contribution in [2.45, 2.75) is 51.3 Å². The van der Waals surface area contributed by atoms with Gasteiger partial charge < -0.3 is 14.8 Å². The van der Waals surface area contributed by atoms with Gasteiger partial charge in [-0.05, 0) is 33.6 Å². The average Bonchev–Trinajstić information content (AvgIpc) is 2.77. The zero-order chi connectivity index (χ0) is 23.6. The second kappa shape index (κ2) is 11.8. The number of benzene rings is 2. The van der Waals surface area contributed by atoms with Crippen LogP contribution in [0.2, 0.25) is 0 Å². The van der Waals surface area contributed by atoms with Gasteiger partial charge in [0.1, 0.15) is 5.60 Å². The Morgan fingerprint density at radius 2 is 1.56 bits per heavy atom. The Kier molecular flexibility index (Phi) is 9.20. The van der Waals surface area contributed by atoms with E-state index < -0.39 is 29.7 Å². The Morgan fingerprint density at radius 3 is 2.00 bits per heavy atom. The van der Waals surface area contributed by atoms with E-state index >= 15 is 0 Å². The predicted octanol–water partition coefficient (Wildman–Crippen LogP) is 4.93. The molecule has 0 heterocycles. The van der Waals surface area contributed by atoms with Crippen LogP contribution in [0.5, 0.6) is 0 Å². The zero-order valence-electron chi connectivity index (χ0n) is 19.2. The molecular weight excluding hydrogens is 404 g/mol. The van der Waals surface area contributed by atoms with Crippen molar-refractivity contribution in [2.24, 2.45) is 4.99 Å². The first-order chi connectivity index (χ1) is 15.2. The van der Waals surface area contributed by atoms with E-state index in [0.29, 0.717) is 18.6 Å². The molecule has 2 atom stereocenters. The van der Waals surface area contributed by atoms with Crippen molar-refractivity contribution in [1.29, 1.82) is 0 Å². The Bertz CT molecular complexity index is 876. The summed E-state index contributed by atoms with van der Waals surface area (Å²) in [7, 11) is 1.31. The number of esters is 1. The van der Waals surface area contributed by atoms with Crippen LogP contribution in [-0.2, 0) is 14.3 Å². The number of amides is 1. The summed E-state index contributed by atoms with van der Waals surface area (Å²) in [6.45, 7) is 9.10. The average molecular weight is 437 g/mol. The molecule has 0 aromatic heterocycles. The van der Waals surface area contributed by atoms with E-state index in [1.54, 1.807) is 26.8 Å². The lowest BCUT2D eigenvalue weighted by molar-refractivity contribution is -0.142. The largest absolute Gasteiger partial charge is 0.467 e. The van der Waals surface area contributed by atoms with Crippen LogP contribution in [0.3, 0.4) is 0 Å². The number of carbonyl (C=O) groups is 2. The minimum atomic E-state index is -0.970. The molecule has 6 heteroatoms. The number of hydrogen-bond acceptors (Lipinski definition) is 5. The van der Waals surface area contributed by atoms with Crippen LogP contribution >= 0.6 is 0 Å². The topological polar surface area (TPSA) is 77.0 Å². The van der Waals surface area contributed by atoms with Crippen LogP contribution in [0.15, 0.2) is 78.3 Å². The Morgan fingerprint density at radius 1 is 1.03 bits per heavy atom. The van der Waals surface area contributed by atoms with Crippen molar-refractivity contribution in [3.8, 4) is 0 Å². The number of hydrogen-bond donors (Lipinski definition) is 1. The van der Waals surface area contributed by atoms with Gasteiger partial charge in [-0.2, -0.15) is 0 Å². The van der Waals surface area contributed by atoms with Crippen LogP contribution in [0.25, 0.3) is 0 Å². The van der Waals surface area contributed by atoms with E-state index in [2.05, 4.69) is 11.9 Å². The first kappa shape index (κ1) is 24.9. The highest BCUT2D eigenvalue weighted by atomic mass is 16.6. The molecule has 0 saturated heterocycles. The molecule has 32 heavy (non-hydrogen) atoms. The van der Waals surface area contributed by atoms with E-state index in [9.17, 15) is 9.59 Å². The standard InChI is InChI=1S/C26H32N2O4/c1-6-7-18-21(27-25(30)32-26(2,3)4)23(24(29)31-5)28-22(19-14-10-8-11-15-19)20-16-12-9-13-17-20/h6,8-17,21,23H,1,7,18H2,2-5H3,(H,27,30)/t21-,23+/m1/s1. The smallest absolute Gasteiger partial charge is 0.407 e. The molecule has 2 aromatic rings. The molecule has 1 N–H and O–H groups in total. The van der Waals surface area contributed by atoms with Gasteiger partial charge in [-0.1, -0.05) is 66.7 Å². The van der Waals surface area contributed by atoms with E-state index in [1.807, 2.05) is 60.7 Å². The van der Waals surface area contributed by atoms with Gasteiger partial charge in [0.15, 0.2) is 6.04 Å². The summed E-state index contributed by atoms with van der Waals surface area (Å²) in [5.74, 6) is -0.542. The van der Waals surface area contributed by atoms with Crippen molar-refractivity contribution >= 4 is 17.8 Å². The normalized spacial score (nSPS) is 12.8. The van der Waals surface area contributed by atoms with E-state index in [-0.39, 0.29) is 0 Å². The van der Waals surface area contributed by atoms with Gasteiger partial charge in [-0.15, -0.1) is 6.58 Å². The number of nitrogens with zero attached hydrogens (tertiary/aromatic N) is 1. The van der Waals surface area contributed by atoms with Crippen LogP contribution in [-0.4, -0.2) is 42.6 Å². The number of ether oxygens (including phenoxy) is 2. The maximum absolute atomic E-state index is 12.8. The van der Waals surface area contributed by atoms with Gasteiger partial charge in [0.2, 0.25) is 0 Å². The van der Waals surface area contributed by atoms with E-state index in [0.717, 1.165) is 11.1 Å². The number of allylic oxidation sites excluding steroid dienone is 1. The number of methoxy groups -OCH3 is 1. The summed E-state index contributed by atoms with van der Waals surface area (Å²) in [5, 5.41) is 2.82. The van der Waals surface area contributed by atoms with Gasteiger partial charge in [0.05, 0.1) is 18.9 Å². The SMILES string of the molecule is C=CCC[C@@H](NC(=O)OC(C)(C)C)[C@H](N=C(c1ccccc1)c1ccccc1)C(=O)OC. The summed E-state index contributed by atoms with van der Waals surface area (Å²) in [4.78, 5) is 30.2. The van der Waals surface area contributed by atoms with Crippen molar-refractivity contribution in [2.75, 3.05) is 7.11 Å². The van der Waals surface area contributed by atoms with E-state index in [1.165, 1.54) is 7.11 Å². The fraction of sp³-hybridized carbons (Fsp3) is 0.346. The maximum Gasteiger partial charge on any atom is 0.407 e. The molecule has 6 nitrogen and oxygen atoms in total. The molecular formula is C26H32N2O4. The second-order valence-electron chi connectivity index (χ2n) is 8.30. The van der Waals surface area contributed by atoms with Crippen LogP contribution < -0.4 is 5.32 Å². The van der Waals surface area contributed by atoms with Gasteiger partial charge in [0, 0.05) is 11.1 Å². The number of nitrogens with one attached hydrogen (secondary N) is 1. The Labute approximate surface area is 190 Å². The highest BCUT2D eigenvalue weighted by Crippen LogP contribution is 2.17. The van der Waals surface area contributed by atoms with Crippen molar-refractivity contribution in [1.82, 2.24) is 5.32 Å². The van der Waals surface area contributed by atoms with Gasteiger partial charge in [-0.3, -0.25) is 4.99 Å². The molecule has 2 rings (SSSR count). The third-order valence-corrected chi connectivity index (χ3v) is 4.57. The lowest BCUT2D eigenvalue weighted by Crippen LogP contribution is -2.48. The third kappa shape index (κ3) is 7.69. The van der Waals surface area contributed by atoms with Crippen LogP contribution in [0.4, 0.5) is 4.79 Å². The van der Waals surface area contributed by atoms with Crippen molar-refractivity contribution < 1.29 is 19.1 Å². The molecule has 2 aromatic carbocycles. The lowest BCUT2D eigenvalue weighted by Gasteiger charge is -2.26. The molecule has 170 valence electrons. The summed E-state index contributed by atoms with van der Waals surface area (Å²) in [6.07, 6.45) is 2.15. The molecule has 0 aliphatic rings. The Balaban J connectivity index is 2.52. The highest BCUT2D eigenvalue weighted by Gasteiger charge is 2.32. The monoisotopic (exact) mass is 436 g/mol. The number of rotatable bonds is 9. The first-order valence-electron chi connectivity index (χ1n) is 10.6. The van der Waals surface area contributed by atoms with Crippen LogP contribution in [0.1, 0.15) is 44.7 Å². The zero-order valence-corrected chi connectivity index (χ0v) is 19.2. The van der Waals surface area contributed by atoms with E-state index in [4.69, 9.17) is 14.5 Å². The van der Waals surface area contributed by atoms with Gasteiger partial charge >= 0.3 is 12.1 Å². The molecule has 0 bridgehead atoms. The molecule has 1 amide bonds. The van der Waals surface area contributed by atoms with Gasteiger partial charge in [0.25, 0.3) is 0 Å². The van der Waals surface area contributed by atoms with Gasteiger partial charge in [-0.25, -0.2) is 9.59 Å². The van der Waals surface area contributed by atoms with Crippen molar-refractivity contribution in [3.05, 3.63) is 84.4 Å². The minimum Gasteiger partial charge on any atom is -0.467 e. The molecule has 0 aliphatic heterocycles. The molecule has 0 unspecified atom stereocenters. The number of alkyl carbamates (subject to hydrolysis) is 1. The van der Waals surface area contributed by atoms with Crippen LogP contribution in [0, 0.1) is 0 Å². The fourth-order valence-corrected chi connectivity index (χ4v) is 3.14. The Hall–Kier alpha value is -3.41. The summed E-state index contributed by atoms with van der Waals surface area (Å²) >= 11 is 0. The first-order valence-corrected chi connectivity index (χ1v) is 10.6.